The quantitative estimate of drug-likeness (QED) is 0.621. The molecule has 0 bridgehead atoms. The zero-order valence-electron chi connectivity index (χ0n) is 16.3. The van der Waals surface area contributed by atoms with Gasteiger partial charge in [-0.15, -0.1) is 0 Å². The smallest absolute Gasteiger partial charge is 0.251 e. The molecule has 0 aliphatic rings. The van der Waals surface area contributed by atoms with Crippen molar-refractivity contribution in [3.63, 3.8) is 0 Å². The first-order chi connectivity index (χ1) is 13.7. The van der Waals surface area contributed by atoms with E-state index < -0.39 is 21.5 Å². The van der Waals surface area contributed by atoms with Crippen LogP contribution >= 0.6 is 0 Å². The third kappa shape index (κ3) is 5.45. The van der Waals surface area contributed by atoms with Crippen LogP contribution in [0, 0.1) is 6.92 Å². The van der Waals surface area contributed by atoms with E-state index in [0.717, 1.165) is 22.7 Å². The predicted molar refractivity (Wildman–Crippen MR) is 114 cm³/mol. The lowest BCUT2D eigenvalue weighted by Gasteiger charge is -2.11. The molecule has 3 aromatic rings. The zero-order chi connectivity index (χ0) is 21.0. The second-order valence-electron chi connectivity index (χ2n) is 6.97. The highest BCUT2D eigenvalue weighted by Gasteiger charge is 2.14. The van der Waals surface area contributed by atoms with Crippen LogP contribution in [-0.4, -0.2) is 43.4 Å². The molecule has 0 unspecified atom stereocenters. The number of anilines is 1. The number of fused-ring (bicyclic) bond motifs is 1. The molecule has 0 radical (unpaired) electrons. The molecule has 2 N–H and O–H groups in total. The Kier molecular flexibility index (Phi) is 6.03. The number of amides is 2. The van der Waals surface area contributed by atoms with E-state index in [0.29, 0.717) is 24.3 Å². The molecule has 0 aliphatic heterocycles. The predicted octanol–water partition coefficient (Wildman–Crippen LogP) is 2.36. The van der Waals surface area contributed by atoms with Gasteiger partial charge in [0.05, 0.1) is 0 Å². The van der Waals surface area contributed by atoms with Crippen molar-refractivity contribution in [1.29, 1.82) is 0 Å². The summed E-state index contributed by atoms with van der Waals surface area (Å²) in [7, 11) is -3.43. The molecule has 7 nitrogen and oxygen atoms in total. The second-order valence-corrected chi connectivity index (χ2v) is 9.11. The van der Waals surface area contributed by atoms with Gasteiger partial charge in [0.25, 0.3) is 5.91 Å². The van der Waals surface area contributed by atoms with E-state index in [1.165, 1.54) is 0 Å². The summed E-state index contributed by atoms with van der Waals surface area (Å²) in [5.74, 6) is -1.50. The maximum absolute atomic E-state index is 12.5. The number of nitrogens with zero attached hydrogens (tertiary/aromatic N) is 1. The van der Waals surface area contributed by atoms with E-state index in [1.807, 2.05) is 36.5 Å². The Morgan fingerprint density at radius 2 is 1.83 bits per heavy atom. The van der Waals surface area contributed by atoms with Gasteiger partial charge in [0.15, 0.2) is 9.84 Å². The summed E-state index contributed by atoms with van der Waals surface area (Å²) in [6, 6.07) is 15.0. The average molecular weight is 413 g/mol. The molecular weight excluding hydrogens is 390 g/mol. The lowest BCUT2D eigenvalue weighted by atomic mass is 10.1. The molecule has 0 saturated heterocycles. The summed E-state index contributed by atoms with van der Waals surface area (Å²) in [6.45, 7) is 2.85. The molecular formula is C21H23N3O4S. The van der Waals surface area contributed by atoms with Crippen LogP contribution in [0.3, 0.4) is 0 Å². The summed E-state index contributed by atoms with van der Waals surface area (Å²) < 4.78 is 24.6. The maximum atomic E-state index is 12.5. The molecule has 0 saturated carbocycles. The number of hydrogen-bond acceptors (Lipinski definition) is 4. The van der Waals surface area contributed by atoms with E-state index in [4.69, 9.17) is 0 Å². The van der Waals surface area contributed by atoms with Crippen LogP contribution in [-0.2, 0) is 21.2 Å². The topological polar surface area (TPSA) is 97.3 Å². The molecule has 29 heavy (non-hydrogen) atoms. The van der Waals surface area contributed by atoms with Gasteiger partial charge in [0.2, 0.25) is 5.91 Å². The summed E-state index contributed by atoms with van der Waals surface area (Å²) in [5, 5.41) is 6.58. The summed E-state index contributed by atoms with van der Waals surface area (Å²) in [6.07, 6.45) is 2.98. The molecule has 2 amide bonds. The third-order valence-electron chi connectivity index (χ3n) is 4.49. The van der Waals surface area contributed by atoms with Gasteiger partial charge in [-0.25, -0.2) is 8.42 Å². The Bertz CT molecular complexity index is 1170. The van der Waals surface area contributed by atoms with Crippen molar-refractivity contribution in [3.05, 3.63) is 65.9 Å². The number of carbonyl (C=O) groups is 2. The third-order valence-corrected chi connectivity index (χ3v) is 5.27. The maximum Gasteiger partial charge on any atom is 0.251 e. The van der Waals surface area contributed by atoms with Gasteiger partial charge in [-0.3, -0.25) is 9.59 Å². The number of benzene rings is 2. The number of rotatable bonds is 7. The fraction of sp³-hybridized carbons (Fsp3) is 0.238. The lowest BCUT2D eigenvalue weighted by Crippen LogP contribution is -2.27. The molecule has 0 aliphatic carbocycles. The SMILES string of the molecule is Cc1ccc(C(=O)NCCn2ccc3ccccc32)cc1NC(=O)CS(C)(=O)=O. The minimum Gasteiger partial charge on any atom is -0.350 e. The second kappa shape index (κ2) is 8.48. The Hall–Kier alpha value is -3.13. The van der Waals surface area contributed by atoms with Gasteiger partial charge in [0.1, 0.15) is 5.75 Å². The van der Waals surface area contributed by atoms with Crippen LogP contribution in [0.4, 0.5) is 5.69 Å². The van der Waals surface area contributed by atoms with Gasteiger partial charge < -0.3 is 15.2 Å². The van der Waals surface area contributed by atoms with Crippen molar-refractivity contribution in [2.45, 2.75) is 13.5 Å². The standard InChI is InChI=1S/C21H23N3O4S/c1-15-7-8-17(13-18(15)23-20(25)14-29(2,27)28)21(26)22-10-12-24-11-9-16-5-3-4-6-19(16)24/h3-9,11,13H,10,12,14H2,1-2H3,(H,22,26)(H,23,25). The summed E-state index contributed by atoms with van der Waals surface area (Å²) in [4.78, 5) is 24.4. The normalized spacial score (nSPS) is 11.4. The van der Waals surface area contributed by atoms with E-state index in [2.05, 4.69) is 15.2 Å². The Morgan fingerprint density at radius 1 is 1.07 bits per heavy atom. The Balaban J connectivity index is 1.62. The number of hydrogen-bond donors (Lipinski definition) is 2. The summed E-state index contributed by atoms with van der Waals surface area (Å²) >= 11 is 0. The molecule has 0 spiro atoms. The number of para-hydroxylation sites is 1. The molecule has 0 atom stereocenters. The number of aryl methyl sites for hydroxylation is 1. The van der Waals surface area contributed by atoms with Gasteiger partial charge >= 0.3 is 0 Å². The molecule has 1 heterocycles. The van der Waals surface area contributed by atoms with Crippen LogP contribution in [0.2, 0.25) is 0 Å². The highest BCUT2D eigenvalue weighted by atomic mass is 32.2. The molecule has 0 fully saturated rings. The largest absolute Gasteiger partial charge is 0.350 e. The molecule has 152 valence electrons. The van der Waals surface area contributed by atoms with Crippen LogP contribution in [0.15, 0.2) is 54.7 Å². The lowest BCUT2D eigenvalue weighted by molar-refractivity contribution is -0.113. The first kappa shape index (κ1) is 20.6. The Labute approximate surface area is 169 Å². The van der Waals surface area contributed by atoms with Crippen molar-refractivity contribution in [2.24, 2.45) is 0 Å². The van der Waals surface area contributed by atoms with Crippen molar-refractivity contribution in [3.8, 4) is 0 Å². The fourth-order valence-corrected chi connectivity index (χ4v) is 3.60. The molecule has 8 heteroatoms. The van der Waals surface area contributed by atoms with E-state index >= 15 is 0 Å². The van der Waals surface area contributed by atoms with E-state index in [-0.39, 0.29) is 5.91 Å². The van der Waals surface area contributed by atoms with Crippen molar-refractivity contribution in [1.82, 2.24) is 9.88 Å². The number of nitrogens with one attached hydrogen (secondary N) is 2. The highest BCUT2D eigenvalue weighted by Crippen LogP contribution is 2.17. The van der Waals surface area contributed by atoms with E-state index in [1.54, 1.807) is 25.1 Å². The monoisotopic (exact) mass is 413 g/mol. The first-order valence-electron chi connectivity index (χ1n) is 9.13. The number of aromatic nitrogens is 1. The van der Waals surface area contributed by atoms with E-state index in [9.17, 15) is 18.0 Å². The van der Waals surface area contributed by atoms with Gasteiger partial charge in [0, 0.05) is 42.3 Å². The van der Waals surface area contributed by atoms with Crippen LogP contribution in [0.5, 0.6) is 0 Å². The molecule has 2 aromatic carbocycles. The number of carbonyl (C=O) groups excluding carboxylic acids is 2. The van der Waals surface area contributed by atoms with Crippen molar-refractivity contribution < 1.29 is 18.0 Å². The van der Waals surface area contributed by atoms with Crippen LogP contribution < -0.4 is 10.6 Å². The molecule has 3 rings (SSSR count). The molecule has 1 aromatic heterocycles. The van der Waals surface area contributed by atoms with Gasteiger partial charge in [-0.1, -0.05) is 24.3 Å². The van der Waals surface area contributed by atoms with Gasteiger partial charge in [-0.05, 0) is 42.1 Å². The van der Waals surface area contributed by atoms with Crippen LogP contribution in [0.25, 0.3) is 10.9 Å². The zero-order valence-corrected chi connectivity index (χ0v) is 17.1. The first-order valence-corrected chi connectivity index (χ1v) is 11.2. The minimum absolute atomic E-state index is 0.264. The number of sulfone groups is 1. The fourth-order valence-electron chi connectivity index (χ4n) is 3.05. The minimum atomic E-state index is -3.43. The van der Waals surface area contributed by atoms with Crippen molar-refractivity contribution >= 4 is 38.2 Å². The average Bonchev–Trinajstić information content (AvgIpc) is 3.05. The van der Waals surface area contributed by atoms with Gasteiger partial charge in [-0.2, -0.15) is 0 Å². The van der Waals surface area contributed by atoms with Crippen LogP contribution in [0.1, 0.15) is 15.9 Å². The van der Waals surface area contributed by atoms with Crippen molar-refractivity contribution in [2.75, 3.05) is 23.9 Å². The Morgan fingerprint density at radius 3 is 2.59 bits per heavy atom. The highest BCUT2D eigenvalue weighted by molar-refractivity contribution is 7.91. The summed E-state index contributed by atoms with van der Waals surface area (Å²) in [5.41, 5.74) is 2.65.